The third-order valence-electron chi connectivity index (χ3n) is 11.0. The van der Waals surface area contributed by atoms with Gasteiger partial charge in [0.2, 0.25) is 0 Å². The van der Waals surface area contributed by atoms with Crippen molar-refractivity contribution in [2.75, 3.05) is 88.8 Å². The molecule has 3 aromatic carbocycles. The lowest BCUT2D eigenvalue weighted by Crippen LogP contribution is -2.36. The van der Waals surface area contributed by atoms with Gasteiger partial charge in [0.05, 0.1) is 34.1 Å². The van der Waals surface area contributed by atoms with Crippen LogP contribution < -0.4 is 30.7 Å². The molecule has 9 heteroatoms. The molecular formula is C45H75N6P3. The second kappa shape index (κ2) is 21.9. The van der Waals surface area contributed by atoms with Crippen LogP contribution in [0.2, 0.25) is 0 Å². The Kier molecular flexibility index (Phi) is 18.0. The summed E-state index contributed by atoms with van der Waals surface area (Å²) in [7, 11) is -0.360. The Morgan fingerprint density at radius 1 is 0.370 bits per heavy atom. The second-order valence-corrected chi connectivity index (χ2v) is 26.9. The number of hydrogen-bond donors (Lipinski definition) is 3. The summed E-state index contributed by atoms with van der Waals surface area (Å²) < 4.78 is 0. The Bertz CT molecular complexity index is 1310. The van der Waals surface area contributed by atoms with Crippen LogP contribution in [-0.2, 0) is 0 Å². The van der Waals surface area contributed by atoms with Crippen LogP contribution in [0, 0.1) is 0 Å². The van der Waals surface area contributed by atoms with Crippen LogP contribution in [0.1, 0.15) is 83.1 Å². The minimum Gasteiger partial charge on any atom is -0.379 e. The molecule has 0 radical (unpaired) electrons. The molecule has 3 aromatic rings. The molecule has 0 saturated carbocycles. The summed E-state index contributed by atoms with van der Waals surface area (Å²) in [6, 6.07) is 27.2. The maximum absolute atomic E-state index is 3.96. The third-order valence-corrected chi connectivity index (χ3v) is 20.5. The molecule has 54 heavy (non-hydrogen) atoms. The topological polar surface area (TPSA) is 45.8 Å². The Morgan fingerprint density at radius 2 is 0.574 bits per heavy atom. The molecule has 0 bridgehead atoms. The molecule has 1 saturated heterocycles. The maximum Gasteiger partial charge on any atom is 0.0603 e. The Balaban J connectivity index is 1.69. The molecule has 0 atom stereocenters. The van der Waals surface area contributed by atoms with E-state index in [0.717, 1.165) is 58.1 Å². The first-order chi connectivity index (χ1) is 25.8. The van der Waals surface area contributed by atoms with Crippen molar-refractivity contribution in [3.8, 4) is 0 Å². The van der Waals surface area contributed by atoms with Crippen LogP contribution >= 0.6 is 23.8 Å². The lowest BCUT2D eigenvalue weighted by Gasteiger charge is -2.32. The second-order valence-electron chi connectivity index (χ2n) is 16.6. The summed E-state index contributed by atoms with van der Waals surface area (Å²) in [4.78, 5) is 7.96. The standard InChI is InChI=1S/C45H75N6P3/c1-34(2)52(35(3)4)31-46-40-19-13-16-22-43(40)49-25-27-50(44-23-17-14-20-41(44)47-32-53(36(5)6)37(7)8)29-30-51(28-26-49)45-24-18-15-21-42(45)48-33-54(38(9)10)39(11)12/h13-24,34-39,46-48H,25-33H2,1-12H3. The van der Waals surface area contributed by atoms with E-state index in [9.17, 15) is 0 Å². The van der Waals surface area contributed by atoms with Crippen LogP contribution in [0.3, 0.4) is 0 Å². The fourth-order valence-electron chi connectivity index (χ4n) is 7.89. The van der Waals surface area contributed by atoms with Gasteiger partial charge < -0.3 is 30.7 Å². The van der Waals surface area contributed by atoms with Crippen molar-refractivity contribution in [1.82, 2.24) is 0 Å². The van der Waals surface area contributed by atoms with E-state index < -0.39 is 0 Å². The normalized spacial score (nSPS) is 14.7. The summed E-state index contributed by atoms with van der Waals surface area (Å²) in [6.07, 6.45) is 3.16. The van der Waals surface area contributed by atoms with Crippen LogP contribution in [-0.4, -0.2) is 92.1 Å². The Hall–Kier alpha value is -2.25. The lowest BCUT2D eigenvalue weighted by molar-refractivity contribution is 0.767. The van der Waals surface area contributed by atoms with E-state index >= 15 is 0 Å². The fraction of sp³-hybridized carbons (Fsp3) is 0.600. The van der Waals surface area contributed by atoms with Crippen LogP contribution in [0.15, 0.2) is 72.8 Å². The minimum atomic E-state index is -0.120. The first-order valence-corrected chi connectivity index (χ1v) is 25.8. The van der Waals surface area contributed by atoms with E-state index in [1.807, 2.05) is 0 Å². The molecule has 0 amide bonds. The zero-order valence-corrected chi connectivity index (χ0v) is 38.6. The van der Waals surface area contributed by atoms with E-state index in [1.165, 1.54) is 34.1 Å². The molecule has 1 aliphatic rings. The number of rotatable bonds is 18. The highest BCUT2D eigenvalue weighted by atomic mass is 31.1. The molecule has 0 aliphatic carbocycles. The average Bonchev–Trinajstić information content (AvgIpc) is 3.22. The van der Waals surface area contributed by atoms with E-state index in [-0.39, 0.29) is 23.8 Å². The lowest BCUT2D eigenvalue weighted by atomic mass is 10.2. The van der Waals surface area contributed by atoms with Gasteiger partial charge >= 0.3 is 0 Å². The number of benzene rings is 3. The van der Waals surface area contributed by atoms with Gasteiger partial charge in [-0.2, -0.15) is 0 Å². The summed E-state index contributed by atoms with van der Waals surface area (Å²) >= 11 is 0. The van der Waals surface area contributed by atoms with Gasteiger partial charge in [-0.1, -0.05) is 143 Å². The quantitative estimate of drug-likeness (QED) is 0.112. The monoisotopic (exact) mass is 793 g/mol. The molecule has 1 aliphatic heterocycles. The van der Waals surface area contributed by atoms with Crippen molar-refractivity contribution >= 4 is 57.9 Å². The van der Waals surface area contributed by atoms with Crippen molar-refractivity contribution in [3.05, 3.63) is 72.8 Å². The predicted octanol–water partition coefficient (Wildman–Crippen LogP) is 12.5. The number of hydrogen-bond acceptors (Lipinski definition) is 6. The van der Waals surface area contributed by atoms with Gasteiger partial charge in [0.1, 0.15) is 0 Å². The van der Waals surface area contributed by atoms with Gasteiger partial charge in [0.25, 0.3) is 0 Å². The van der Waals surface area contributed by atoms with Crippen LogP contribution in [0.5, 0.6) is 0 Å². The number of anilines is 6. The SMILES string of the molecule is CC(C)P(CNc1ccccc1N1CCN(c2ccccc2NCP(C(C)C)C(C)C)CCN(c2ccccc2NCP(C(C)C)C(C)C)CC1)C(C)C. The van der Waals surface area contributed by atoms with Crippen molar-refractivity contribution in [1.29, 1.82) is 0 Å². The van der Waals surface area contributed by atoms with Crippen molar-refractivity contribution in [2.45, 2.75) is 117 Å². The summed E-state index contributed by atoms with van der Waals surface area (Å²) in [5.41, 5.74) is 11.9. The van der Waals surface area contributed by atoms with Crippen molar-refractivity contribution < 1.29 is 0 Å². The van der Waals surface area contributed by atoms with Crippen LogP contribution in [0.4, 0.5) is 34.1 Å². The Morgan fingerprint density at radius 3 is 0.778 bits per heavy atom. The van der Waals surface area contributed by atoms with E-state index in [4.69, 9.17) is 0 Å². The first kappa shape index (κ1) is 44.5. The zero-order chi connectivity index (χ0) is 39.4. The van der Waals surface area contributed by atoms with Crippen molar-refractivity contribution in [3.63, 3.8) is 0 Å². The van der Waals surface area contributed by atoms with Crippen LogP contribution in [0.25, 0.3) is 0 Å². The Labute approximate surface area is 335 Å². The highest BCUT2D eigenvalue weighted by Crippen LogP contribution is 2.48. The van der Waals surface area contributed by atoms with Gasteiger partial charge in [-0.25, -0.2) is 0 Å². The summed E-state index contributed by atoms with van der Waals surface area (Å²) in [5, 5.41) is 11.9. The molecule has 0 spiro atoms. The first-order valence-electron chi connectivity index (χ1n) is 20.8. The fourth-order valence-corrected chi connectivity index (χ4v) is 14.7. The summed E-state index contributed by atoms with van der Waals surface area (Å²) in [6.45, 7) is 34.5. The maximum atomic E-state index is 3.96. The molecule has 3 N–H and O–H groups in total. The van der Waals surface area contributed by atoms with Gasteiger partial charge in [0, 0.05) is 58.1 Å². The smallest absolute Gasteiger partial charge is 0.0603 e. The highest BCUT2D eigenvalue weighted by molar-refractivity contribution is 7.59. The highest BCUT2D eigenvalue weighted by Gasteiger charge is 2.24. The largest absolute Gasteiger partial charge is 0.379 e. The van der Waals surface area contributed by atoms with Gasteiger partial charge in [0.15, 0.2) is 0 Å². The molecular weight excluding hydrogens is 717 g/mol. The molecule has 1 heterocycles. The molecule has 0 unspecified atom stereocenters. The van der Waals surface area contributed by atoms with Gasteiger partial charge in [-0.15, -0.1) is 0 Å². The third kappa shape index (κ3) is 12.6. The summed E-state index contributed by atoms with van der Waals surface area (Å²) in [5.74, 6) is 0. The minimum absolute atomic E-state index is 0.120. The molecule has 0 aromatic heterocycles. The molecule has 1 fully saturated rings. The van der Waals surface area contributed by atoms with Crippen molar-refractivity contribution in [2.24, 2.45) is 0 Å². The van der Waals surface area contributed by atoms with E-state index in [1.54, 1.807) is 0 Å². The number of para-hydroxylation sites is 6. The number of nitrogens with one attached hydrogen (secondary N) is 3. The predicted molar refractivity (Wildman–Crippen MR) is 253 cm³/mol. The molecule has 6 nitrogen and oxygen atoms in total. The van der Waals surface area contributed by atoms with Gasteiger partial charge in [-0.3, -0.25) is 0 Å². The number of nitrogens with zero attached hydrogens (tertiary/aromatic N) is 3. The van der Waals surface area contributed by atoms with Gasteiger partial charge in [-0.05, 0) is 70.4 Å². The van der Waals surface area contributed by atoms with E-state index in [2.05, 4.69) is 187 Å². The zero-order valence-electron chi connectivity index (χ0n) is 35.9. The van der Waals surface area contributed by atoms with E-state index in [0.29, 0.717) is 34.0 Å². The average molecular weight is 793 g/mol. The molecule has 300 valence electrons. The molecule has 4 rings (SSSR count).